The second-order valence-corrected chi connectivity index (χ2v) is 11.1. The van der Waals surface area contributed by atoms with Gasteiger partial charge in [0.1, 0.15) is 0 Å². The molecule has 0 unspecified atom stereocenters. The number of rotatable bonds is 11. The van der Waals surface area contributed by atoms with Crippen LogP contribution in [0.4, 0.5) is 17.1 Å². The summed E-state index contributed by atoms with van der Waals surface area (Å²) in [5.74, 6) is 0. The van der Waals surface area contributed by atoms with E-state index in [4.69, 9.17) is 0 Å². The fourth-order valence-corrected chi connectivity index (χ4v) is 5.37. The van der Waals surface area contributed by atoms with Crippen LogP contribution in [0.5, 0.6) is 0 Å². The van der Waals surface area contributed by atoms with Gasteiger partial charge >= 0.3 is 0 Å². The molecule has 0 saturated carbocycles. The van der Waals surface area contributed by atoms with Crippen molar-refractivity contribution < 1.29 is 0 Å². The highest BCUT2D eigenvalue weighted by Crippen LogP contribution is 2.39. The van der Waals surface area contributed by atoms with Gasteiger partial charge in [-0.1, -0.05) is 147 Å². The van der Waals surface area contributed by atoms with E-state index < -0.39 is 0 Å². The van der Waals surface area contributed by atoms with Crippen molar-refractivity contribution in [1.82, 2.24) is 0 Å². The van der Waals surface area contributed by atoms with E-state index in [0.29, 0.717) is 0 Å². The molecule has 0 radical (unpaired) electrons. The maximum absolute atomic E-state index is 2.39. The molecular weight excluding hydrogens is 530 g/mol. The first-order valence-corrected chi connectivity index (χ1v) is 15.5. The average Bonchev–Trinajstić information content (AvgIpc) is 3.05. The second kappa shape index (κ2) is 15.4. The Bertz CT molecular complexity index is 1640. The van der Waals surface area contributed by atoms with Crippen LogP contribution in [0.1, 0.15) is 52.3 Å². The smallest absolute Gasteiger partial charge is 0.0491 e. The maximum Gasteiger partial charge on any atom is 0.0491 e. The number of allylic oxidation sites excluding steroid dienone is 4. The molecule has 0 N–H and O–H groups in total. The van der Waals surface area contributed by atoms with Crippen molar-refractivity contribution in [3.8, 4) is 0 Å². The Morgan fingerprint density at radius 1 is 0.477 bits per heavy atom. The Balaban J connectivity index is 1.42. The quantitative estimate of drug-likeness (QED) is 0.143. The van der Waals surface area contributed by atoms with Crippen LogP contribution in [0.15, 0.2) is 146 Å². The fraction of sp³-hybridized carbons (Fsp3) is 0.116. The van der Waals surface area contributed by atoms with Crippen LogP contribution in [-0.4, -0.2) is 0 Å². The molecule has 0 saturated heterocycles. The highest BCUT2D eigenvalue weighted by atomic mass is 15.1. The van der Waals surface area contributed by atoms with Crippen LogP contribution in [0.3, 0.4) is 0 Å². The van der Waals surface area contributed by atoms with Gasteiger partial charge in [-0.25, -0.2) is 0 Å². The van der Waals surface area contributed by atoms with Gasteiger partial charge in [0, 0.05) is 17.1 Å². The first-order valence-electron chi connectivity index (χ1n) is 15.5. The van der Waals surface area contributed by atoms with E-state index in [9.17, 15) is 0 Å². The monoisotopic (exact) mass is 571 g/mol. The summed E-state index contributed by atoms with van der Waals surface area (Å²) in [5.41, 5.74) is 12.1. The summed E-state index contributed by atoms with van der Waals surface area (Å²) in [6.45, 7) is 6.64. The predicted octanol–water partition coefficient (Wildman–Crippen LogP) is 12.2. The largest absolute Gasteiger partial charge is 0.310 e. The van der Waals surface area contributed by atoms with Crippen LogP contribution in [0.25, 0.3) is 24.3 Å². The molecule has 1 nitrogen and oxygen atoms in total. The molecule has 1 heteroatoms. The standard InChI is InChI=1S/C43H41N/c1-4-15-36-24-28-41(29-25-36)44(42-30-26-39(32-34(42)2)22-13-11-20-37-16-7-5-8-17-37)43-31-27-40(33-35(43)3)23-14-12-21-38-18-9-6-10-19-38/h5-14,16-33H,4,15H2,1-3H3/b20-11+,21-12+,22-13+,23-14+. The van der Waals surface area contributed by atoms with Gasteiger partial charge in [-0.3, -0.25) is 0 Å². The van der Waals surface area contributed by atoms with Crippen molar-refractivity contribution >= 4 is 41.4 Å². The molecule has 0 atom stereocenters. The molecule has 0 heterocycles. The van der Waals surface area contributed by atoms with Gasteiger partial charge in [-0.05, 0) is 95.6 Å². The van der Waals surface area contributed by atoms with E-state index in [2.05, 4.69) is 183 Å². The normalized spacial score (nSPS) is 11.8. The summed E-state index contributed by atoms with van der Waals surface area (Å²) in [6.07, 6.45) is 19.2. The number of benzene rings is 5. The van der Waals surface area contributed by atoms with Crippen LogP contribution >= 0.6 is 0 Å². The summed E-state index contributed by atoms with van der Waals surface area (Å²) in [6, 6.07) is 43.3. The van der Waals surface area contributed by atoms with E-state index in [1.165, 1.54) is 56.0 Å². The minimum Gasteiger partial charge on any atom is -0.310 e. The van der Waals surface area contributed by atoms with Crippen molar-refractivity contribution in [3.05, 3.63) is 185 Å². The molecule has 5 aromatic carbocycles. The molecule has 0 spiro atoms. The van der Waals surface area contributed by atoms with Crippen LogP contribution in [-0.2, 0) is 6.42 Å². The van der Waals surface area contributed by atoms with Crippen molar-refractivity contribution in [2.45, 2.75) is 33.6 Å². The third-order valence-electron chi connectivity index (χ3n) is 7.63. The van der Waals surface area contributed by atoms with Crippen LogP contribution in [0.2, 0.25) is 0 Å². The number of nitrogens with zero attached hydrogens (tertiary/aromatic N) is 1. The third kappa shape index (κ3) is 8.24. The van der Waals surface area contributed by atoms with Gasteiger partial charge in [0.15, 0.2) is 0 Å². The van der Waals surface area contributed by atoms with Gasteiger partial charge in [-0.15, -0.1) is 0 Å². The first-order chi connectivity index (χ1) is 21.6. The zero-order valence-electron chi connectivity index (χ0n) is 26.0. The van der Waals surface area contributed by atoms with Gasteiger partial charge in [-0.2, -0.15) is 0 Å². The number of aryl methyl sites for hydroxylation is 3. The van der Waals surface area contributed by atoms with E-state index in [1.54, 1.807) is 0 Å². The average molecular weight is 572 g/mol. The van der Waals surface area contributed by atoms with E-state index in [-0.39, 0.29) is 0 Å². The summed E-state index contributed by atoms with van der Waals surface area (Å²) < 4.78 is 0. The fourth-order valence-electron chi connectivity index (χ4n) is 5.37. The lowest BCUT2D eigenvalue weighted by atomic mass is 10.0. The van der Waals surface area contributed by atoms with Gasteiger partial charge in [0.25, 0.3) is 0 Å². The molecule has 5 rings (SSSR count). The maximum atomic E-state index is 2.39. The van der Waals surface area contributed by atoms with Crippen LogP contribution < -0.4 is 4.90 Å². The zero-order valence-corrected chi connectivity index (χ0v) is 26.0. The number of anilines is 3. The number of hydrogen-bond donors (Lipinski definition) is 0. The van der Waals surface area contributed by atoms with Crippen molar-refractivity contribution in [1.29, 1.82) is 0 Å². The van der Waals surface area contributed by atoms with E-state index in [0.717, 1.165) is 12.8 Å². The lowest BCUT2D eigenvalue weighted by Crippen LogP contribution is -2.13. The van der Waals surface area contributed by atoms with Crippen molar-refractivity contribution in [3.63, 3.8) is 0 Å². The first kappa shape index (κ1) is 30.3. The zero-order chi connectivity index (χ0) is 30.6. The summed E-state index contributed by atoms with van der Waals surface area (Å²) in [4.78, 5) is 2.39. The molecule has 0 bridgehead atoms. The molecule has 5 aromatic rings. The summed E-state index contributed by atoms with van der Waals surface area (Å²) in [7, 11) is 0. The lowest BCUT2D eigenvalue weighted by molar-refractivity contribution is 0.922. The topological polar surface area (TPSA) is 3.24 Å². The lowest BCUT2D eigenvalue weighted by Gasteiger charge is -2.29. The van der Waals surface area contributed by atoms with Crippen molar-refractivity contribution in [2.75, 3.05) is 4.90 Å². The molecule has 218 valence electrons. The molecule has 0 amide bonds. The summed E-state index contributed by atoms with van der Waals surface area (Å²) in [5, 5.41) is 0. The third-order valence-corrected chi connectivity index (χ3v) is 7.63. The predicted molar refractivity (Wildman–Crippen MR) is 194 cm³/mol. The highest BCUT2D eigenvalue weighted by Gasteiger charge is 2.17. The molecule has 44 heavy (non-hydrogen) atoms. The molecule has 0 aromatic heterocycles. The summed E-state index contributed by atoms with van der Waals surface area (Å²) >= 11 is 0. The highest BCUT2D eigenvalue weighted by molar-refractivity contribution is 5.81. The van der Waals surface area contributed by atoms with E-state index in [1.807, 2.05) is 12.1 Å². The second-order valence-electron chi connectivity index (χ2n) is 11.1. The van der Waals surface area contributed by atoms with E-state index >= 15 is 0 Å². The Hall–Kier alpha value is -5.14. The van der Waals surface area contributed by atoms with Crippen LogP contribution in [0, 0.1) is 13.8 Å². The Morgan fingerprint density at radius 3 is 1.32 bits per heavy atom. The minimum absolute atomic E-state index is 1.10. The Labute approximate surface area is 263 Å². The molecule has 0 aliphatic heterocycles. The molecule has 0 aliphatic carbocycles. The molecular formula is C43H41N. The number of hydrogen-bond acceptors (Lipinski definition) is 1. The van der Waals surface area contributed by atoms with Crippen molar-refractivity contribution in [2.24, 2.45) is 0 Å². The Morgan fingerprint density at radius 2 is 0.909 bits per heavy atom. The van der Waals surface area contributed by atoms with Gasteiger partial charge < -0.3 is 4.90 Å². The van der Waals surface area contributed by atoms with Gasteiger partial charge in [0.2, 0.25) is 0 Å². The Kier molecular flexibility index (Phi) is 10.6. The van der Waals surface area contributed by atoms with Gasteiger partial charge in [0.05, 0.1) is 0 Å². The molecule has 0 fully saturated rings. The SMILES string of the molecule is CCCc1ccc(N(c2ccc(/C=C/C=C/c3ccccc3)cc2C)c2ccc(/C=C/C=C/c3ccccc3)cc2C)cc1. The minimum atomic E-state index is 1.10. The molecule has 0 aliphatic rings.